The topological polar surface area (TPSA) is 54.9 Å². The van der Waals surface area contributed by atoms with Crippen LogP contribution in [0, 0.1) is 5.92 Å². The van der Waals surface area contributed by atoms with Gasteiger partial charge in [-0.25, -0.2) is 4.99 Å². The molecule has 0 aromatic heterocycles. The molecule has 25 heavy (non-hydrogen) atoms. The average molecular weight is 348 g/mol. The third-order valence-corrected chi connectivity index (χ3v) is 3.87. The summed E-state index contributed by atoms with van der Waals surface area (Å²) in [5.41, 5.74) is 1.17. The van der Waals surface area contributed by atoms with Crippen molar-refractivity contribution in [3.8, 4) is 5.75 Å². The van der Waals surface area contributed by atoms with E-state index in [2.05, 4.69) is 34.7 Å². The van der Waals surface area contributed by atoms with E-state index >= 15 is 0 Å². The van der Waals surface area contributed by atoms with E-state index in [-0.39, 0.29) is 6.10 Å². The van der Waals surface area contributed by atoms with E-state index in [1.807, 2.05) is 26.0 Å². The molecule has 0 bridgehead atoms. The summed E-state index contributed by atoms with van der Waals surface area (Å²) < 4.78 is 11.3. The number of nitrogens with one attached hydrogen (secondary N) is 2. The van der Waals surface area contributed by atoms with Gasteiger partial charge in [-0.1, -0.05) is 12.1 Å². The van der Waals surface area contributed by atoms with Crippen LogP contribution in [0.4, 0.5) is 0 Å². The van der Waals surface area contributed by atoms with Gasteiger partial charge in [0.25, 0.3) is 0 Å². The van der Waals surface area contributed by atoms with Gasteiger partial charge in [-0.15, -0.1) is 0 Å². The molecule has 0 saturated heterocycles. The van der Waals surface area contributed by atoms with Gasteiger partial charge < -0.3 is 20.1 Å². The molecular weight excluding hydrogens is 314 g/mol. The summed E-state index contributed by atoms with van der Waals surface area (Å²) >= 11 is 0. The summed E-state index contributed by atoms with van der Waals surface area (Å²) in [7, 11) is 0. The van der Waals surface area contributed by atoms with Crippen molar-refractivity contribution in [2.75, 3.05) is 26.3 Å². The number of nitrogens with zero attached hydrogens (tertiary/aromatic N) is 1. The second-order valence-electron chi connectivity index (χ2n) is 6.80. The quantitative estimate of drug-likeness (QED) is 0.366. The first kappa shape index (κ1) is 19.6. The molecule has 1 aromatic carbocycles. The lowest BCUT2D eigenvalue weighted by Gasteiger charge is -2.12. The van der Waals surface area contributed by atoms with E-state index in [9.17, 15) is 0 Å². The molecule has 0 unspecified atom stereocenters. The maximum absolute atomic E-state index is 5.66. The van der Waals surface area contributed by atoms with E-state index in [4.69, 9.17) is 9.47 Å². The highest BCUT2D eigenvalue weighted by molar-refractivity contribution is 5.79. The molecule has 0 atom stereocenters. The molecule has 1 aliphatic rings. The van der Waals surface area contributed by atoms with Gasteiger partial charge in [0.15, 0.2) is 5.96 Å². The Kier molecular flexibility index (Phi) is 8.60. The first-order valence-corrected chi connectivity index (χ1v) is 9.53. The maximum atomic E-state index is 5.66. The number of aliphatic imine (C=N–C) groups is 1. The van der Waals surface area contributed by atoms with E-state index in [0.717, 1.165) is 50.4 Å². The molecule has 1 aliphatic carbocycles. The first-order valence-electron chi connectivity index (χ1n) is 9.53. The Labute approximate surface area is 152 Å². The summed E-state index contributed by atoms with van der Waals surface area (Å²) in [6, 6.07) is 8.14. The lowest BCUT2D eigenvalue weighted by Crippen LogP contribution is -2.38. The molecule has 2 rings (SSSR count). The number of hydrogen-bond acceptors (Lipinski definition) is 3. The molecule has 1 saturated carbocycles. The van der Waals surface area contributed by atoms with E-state index in [1.54, 1.807) is 0 Å². The minimum Gasteiger partial charge on any atom is -0.491 e. The molecule has 1 aromatic rings. The van der Waals surface area contributed by atoms with E-state index in [0.29, 0.717) is 6.54 Å². The minimum atomic E-state index is 0.196. The summed E-state index contributed by atoms with van der Waals surface area (Å²) in [6.07, 6.45) is 3.89. The van der Waals surface area contributed by atoms with E-state index in [1.165, 1.54) is 18.4 Å². The number of hydrogen-bond donors (Lipinski definition) is 2. The van der Waals surface area contributed by atoms with Gasteiger partial charge in [-0.05, 0) is 63.6 Å². The van der Waals surface area contributed by atoms with Crippen LogP contribution < -0.4 is 15.4 Å². The molecule has 5 heteroatoms. The third kappa shape index (κ3) is 8.77. The second kappa shape index (κ2) is 11.0. The standard InChI is InChI=1S/C20H33N3O2/c1-4-21-20(22-12-5-13-24-15-18-6-7-18)23-14-17-8-10-19(11-9-17)25-16(2)3/h8-11,16,18H,4-7,12-15H2,1-3H3,(H2,21,22,23). The fraction of sp³-hybridized carbons (Fsp3) is 0.650. The van der Waals surface area contributed by atoms with Gasteiger partial charge in [0, 0.05) is 26.3 Å². The summed E-state index contributed by atoms with van der Waals surface area (Å²) in [4.78, 5) is 4.64. The SMILES string of the molecule is CCNC(=NCc1ccc(OC(C)C)cc1)NCCCOCC1CC1. The Morgan fingerprint density at radius 2 is 1.96 bits per heavy atom. The molecule has 0 heterocycles. The fourth-order valence-electron chi connectivity index (χ4n) is 2.37. The largest absolute Gasteiger partial charge is 0.491 e. The molecule has 0 amide bonds. The van der Waals surface area contributed by atoms with Crippen molar-refractivity contribution in [3.63, 3.8) is 0 Å². The third-order valence-electron chi connectivity index (χ3n) is 3.87. The normalized spacial score (nSPS) is 14.6. The predicted octanol–water partition coefficient (Wildman–Crippen LogP) is 3.35. The van der Waals surface area contributed by atoms with Crippen LogP contribution in [-0.4, -0.2) is 38.4 Å². The number of rotatable bonds is 11. The molecular formula is C20H33N3O2. The van der Waals surface area contributed by atoms with Gasteiger partial charge in [-0.2, -0.15) is 0 Å². The summed E-state index contributed by atoms with van der Waals surface area (Å²) in [5, 5.41) is 6.65. The summed E-state index contributed by atoms with van der Waals surface area (Å²) in [5.74, 6) is 2.59. The fourth-order valence-corrected chi connectivity index (χ4v) is 2.37. The zero-order chi connectivity index (χ0) is 17.9. The zero-order valence-electron chi connectivity index (χ0n) is 15.9. The van der Waals surface area contributed by atoms with Gasteiger partial charge in [0.1, 0.15) is 5.75 Å². The van der Waals surface area contributed by atoms with E-state index < -0.39 is 0 Å². The molecule has 140 valence electrons. The lowest BCUT2D eigenvalue weighted by molar-refractivity contribution is 0.123. The van der Waals surface area contributed by atoms with Gasteiger partial charge in [0.2, 0.25) is 0 Å². The van der Waals surface area contributed by atoms with Crippen LogP contribution in [0.3, 0.4) is 0 Å². The molecule has 0 radical (unpaired) electrons. The summed E-state index contributed by atoms with van der Waals surface area (Å²) in [6.45, 7) is 10.3. The van der Waals surface area contributed by atoms with Crippen LogP contribution in [0.5, 0.6) is 5.75 Å². The second-order valence-corrected chi connectivity index (χ2v) is 6.80. The van der Waals surface area contributed by atoms with Gasteiger partial charge in [-0.3, -0.25) is 0 Å². The maximum Gasteiger partial charge on any atom is 0.191 e. The molecule has 2 N–H and O–H groups in total. The number of ether oxygens (including phenoxy) is 2. The number of benzene rings is 1. The molecule has 5 nitrogen and oxygen atoms in total. The lowest BCUT2D eigenvalue weighted by atomic mass is 10.2. The van der Waals surface area contributed by atoms with Gasteiger partial charge in [0.05, 0.1) is 12.6 Å². The minimum absolute atomic E-state index is 0.196. The monoisotopic (exact) mass is 347 g/mol. The van der Waals surface area contributed by atoms with Crippen molar-refractivity contribution in [1.82, 2.24) is 10.6 Å². The Hall–Kier alpha value is -1.75. The highest BCUT2D eigenvalue weighted by Gasteiger charge is 2.20. The number of guanidine groups is 1. The van der Waals surface area contributed by atoms with Crippen molar-refractivity contribution < 1.29 is 9.47 Å². The smallest absolute Gasteiger partial charge is 0.191 e. The molecule has 0 aliphatic heterocycles. The Morgan fingerprint density at radius 3 is 2.60 bits per heavy atom. The van der Waals surface area contributed by atoms with Crippen LogP contribution >= 0.6 is 0 Å². The van der Waals surface area contributed by atoms with Crippen molar-refractivity contribution >= 4 is 5.96 Å². The van der Waals surface area contributed by atoms with Gasteiger partial charge >= 0.3 is 0 Å². The van der Waals surface area contributed by atoms with Crippen LogP contribution in [-0.2, 0) is 11.3 Å². The van der Waals surface area contributed by atoms with Crippen LogP contribution in [0.2, 0.25) is 0 Å². The molecule has 0 spiro atoms. The highest BCUT2D eigenvalue weighted by atomic mass is 16.5. The van der Waals surface area contributed by atoms with Crippen molar-refractivity contribution in [2.24, 2.45) is 10.9 Å². The Morgan fingerprint density at radius 1 is 1.20 bits per heavy atom. The van der Waals surface area contributed by atoms with Crippen molar-refractivity contribution in [2.45, 2.75) is 52.7 Å². The predicted molar refractivity (Wildman–Crippen MR) is 103 cm³/mol. The average Bonchev–Trinajstić information content (AvgIpc) is 3.40. The zero-order valence-corrected chi connectivity index (χ0v) is 15.9. The first-order chi connectivity index (χ1) is 12.2. The Bertz CT molecular complexity index is 510. The highest BCUT2D eigenvalue weighted by Crippen LogP contribution is 2.28. The van der Waals surface area contributed by atoms with Crippen molar-refractivity contribution in [3.05, 3.63) is 29.8 Å². The van der Waals surface area contributed by atoms with Crippen molar-refractivity contribution in [1.29, 1.82) is 0 Å². The Balaban J connectivity index is 1.69. The van der Waals surface area contributed by atoms with Crippen LogP contribution in [0.15, 0.2) is 29.3 Å². The molecule has 1 fully saturated rings. The van der Waals surface area contributed by atoms with Crippen LogP contribution in [0.25, 0.3) is 0 Å². The van der Waals surface area contributed by atoms with Crippen LogP contribution in [0.1, 0.15) is 45.6 Å².